The van der Waals surface area contributed by atoms with E-state index in [1.165, 1.54) is 0 Å². The van der Waals surface area contributed by atoms with Crippen molar-refractivity contribution in [2.75, 3.05) is 26.4 Å². The summed E-state index contributed by atoms with van der Waals surface area (Å²) in [5.74, 6) is 0.494. The van der Waals surface area contributed by atoms with Crippen LogP contribution in [0, 0.1) is 5.92 Å². The molecule has 1 aliphatic heterocycles. The Bertz CT molecular complexity index is 146. The average Bonchev–Trinajstić information content (AvgIpc) is 2.16. The van der Waals surface area contributed by atoms with Gasteiger partial charge in [0.1, 0.15) is 12.8 Å². The Morgan fingerprint density at radius 2 is 2.46 bits per heavy atom. The van der Waals surface area contributed by atoms with Gasteiger partial charge in [-0.3, -0.25) is 0 Å². The van der Waals surface area contributed by atoms with Gasteiger partial charge in [-0.2, -0.15) is 0 Å². The van der Waals surface area contributed by atoms with Crippen molar-refractivity contribution in [3.63, 3.8) is 0 Å². The van der Waals surface area contributed by atoms with E-state index in [1.807, 2.05) is 0 Å². The van der Waals surface area contributed by atoms with E-state index in [1.54, 1.807) is 0 Å². The van der Waals surface area contributed by atoms with E-state index < -0.39 is 12.8 Å². The van der Waals surface area contributed by atoms with E-state index in [9.17, 15) is 4.39 Å². The van der Waals surface area contributed by atoms with E-state index in [0.717, 1.165) is 19.5 Å². The molecule has 2 N–H and O–H groups in total. The first kappa shape index (κ1) is 10.9. The van der Waals surface area contributed by atoms with Gasteiger partial charge < -0.3 is 15.2 Å². The van der Waals surface area contributed by atoms with Crippen LogP contribution in [0.25, 0.3) is 0 Å². The summed E-state index contributed by atoms with van der Waals surface area (Å²) in [6, 6.07) is 0. The number of hydrogen-bond donors (Lipinski definition) is 2. The van der Waals surface area contributed by atoms with Crippen molar-refractivity contribution in [3.05, 3.63) is 0 Å². The van der Waals surface area contributed by atoms with E-state index in [4.69, 9.17) is 9.84 Å². The predicted molar refractivity (Wildman–Crippen MR) is 48.4 cm³/mol. The van der Waals surface area contributed by atoms with Crippen LogP contribution in [0.4, 0.5) is 4.39 Å². The second-order valence-electron chi connectivity index (χ2n) is 3.65. The number of aliphatic hydroxyl groups is 1. The van der Waals surface area contributed by atoms with Crippen LogP contribution in [-0.2, 0) is 4.74 Å². The number of nitrogens with one attached hydrogen (secondary N) is 1. The normalized spacial score (nSPS) is 31.6. The number of hydrogen-bond acceptors (Lipinski definition) is 3. The van der Waals surface area contributed by atoms with E-state index in [0.29, 0.717) is 5.92 Å². The summed E-state index contributed by atoms with van der Waals surface area (Å²) in [5.41, 5.74) is 0. The van der Waals surface area contributed by atoms with Crippen molar-refractivity contribution in [2.45, 2.75) is 25.6 Å². The Labute approximate surface area is 78.3 Å². The molecule has 0 spiro atoms. The Kier molecular flexibility index (Phi) is 4.62. The van der Waals surface area contributed by atoms with Crippen molar-refractivity contribution in [3.8, 4) is 0 Å². The predicted octanol–water partition coefficient (Wildman–Crippen LogP) is 0.331. The highest BCUT2D eigenvalue weighted by molar-refractivity contribution is 4.75. The SMILES string of the molecule is CC1CCNCC1OCC(O)CF. The largest absolute Gasteiger partial charge is 0.388 e. The molecule has 1 heterocycles. The van der Waals surface area contributed by atoms with Crippen molar-refractivity contribution in [1.29, 1.82) is 0 Å². The molecule has 4 heteroatoms. The fraction of sp³-hybridized carbons (Fsp3) is 1.00. The van der Waals surface area contributed by atoms with Gasteiger partial charge in [0.25, 0.3) is 0 Å². The lowest BCUT2D eigenvalue weighted by atomic mass is 9.97. The van der Waals surface area contributed by atoms with Gasteiger partial charge in [-0.05, 0) is 18.9 Å². The van der Waals surface area contributed by atoms with Gasteiger partial charge in [0, 0.05) is 6.54 Å². The fourth-order valence-corrected chi connectivity index (χ4v) is 1.46. The van der Waals surface area contributed by atoms with Crippen LogP contribution in [0.15, 0.2) is 0 Å². The number of halogens is 1. The van der Waals surface area contributed by atoms with Crippen LogP contribution in [-0.4, -0.2) is 43.7 Å². The van der Waals surface area contributed by atoms with Crippen molar-refractivity contribution in [1.82, 2.24) is 5.32 Å². The average molecular weight is 191 g/mol. The first-order valence-electron chi connectivity index (χ1n) is 4.80. The number of rotatable bonds is 4. The highest BCUT2D eigenvalue weighted by Gasteiger charge is 2.22. The summed E-state index contributed by atoms with van der Waals surface area (Å²) < 4.78 is 17.3. The summed E-state index contributed by atoms with van der Waals surface area (Å²) in [5, 5.41) is 12.2. The van der Waals surface area contributed by atoms with Crippen molar-refractivity contribution < 1.29 is 14.2 Å². The molecule has 3 atom stereocenters. The Morgan fingerprint density at radius 1 is 1.69 bits per heavy atom. The molecular formula is C9H18FNO2. The molecule has 1 aliphatic rings. The van der Waals surface area contributed by atoms with Crippen LogP contribution in [0.1, 0.15) is 13.3 Å². The molecule has 0 saturated carbocycles. The second-order valence-corrected chi connectivity index (χ2v) is 3.65. The highest BCUT2D eigenvalue weighted by Crippen LogP contribution is 2.14. The van der Waals surface area contributed by atoms with Gasteiger partial charge in [0.15, 0.2) is 0 Å². The molecular weight excluding hydrogens is 173 g/mol. The summed E-state index contributed by atoms with van der Waals surface area (Å²) in [6.45, 7) is 3.32. The molecule has 3 nitrogen and oxygen atoms in total. The Morgan fingerprint density at radius 3 is 3.08 bits per heavy atom. The molecule has 1 fully saturated rings. The third-order valence-electron chi connectivity index (χ3n) is 2.44. The monoisotopic (exact) mass is 191 g/mol. The molecule has 78 valence electrons. The van der Waals surface area contributed by atoms with Gasteiger partial charge >= 0.3 is 0 Å². The van der Waals surface area contributed by atoms with E-state index in [-0.39, 0.29) is 12.7 Å². The molecule has 0 aromatic heterocycles. The fourth-order valence-electron chi connectivity index (χ4n) is 1.46. The van der Waals surface area contributed by atoms with Gasteiger partial charge in [0.05, 0.1) is 12.7 Å². The number of alkyl halides is 1. The van der Waals surface area contributed by atoms with E-state index in [2.05, 4.69) is 12.2 Å². The maximum absolute atomic E-state index is 11.9. The number of piperidine rings is 1. The lowest BCUT2D eigenvalue weighted by Gasteiger charge is -2.29. The van der Waals surface area contributed by atoms with Crippen LogP contribution >= 0.6 is 0 Å². The standard InChI is InChI=1S/C9H18FNO2/c1-7-2-3-11-5-9(7)13-6-8(12)4-10/h7-9,11-12H,2-6H2,1H3. The molecule has 0 radical (unpaired) electrons. The molecule has 1 rings (SSSR count). The Hall–Kier alpha value is -0.190. The third-order valence-corrected chi connectivity index (χ3v) is 2.44. The zero-order valence-electron chi connectivity index (χ0n) is 8.00. The highest BCUT2D eigenvalue weighted by atomic mass is 19.1. The number of aliphatic hydroxyl groups excluding tert-OH is 1. The molecule has 0 aromatic rings. The minimum atomic E-state index is -0.964. The van der Waals surface area contributed by atoms with Gasteiger partial charge in [-0.25, -0.2) is 4.39 Å². The minimum absolute atomic E-state index is 0.104. The first-order valence-corrected chi connectivity index (χ1v) is 4.80. The maximum atomic E-state index is 11.9. The zero-order valence-corrected chi connectivity index (χ0v) is 8.00. The molecule has 13 heavy (non-hydrogen) atoms. The molecule has 0 aromatic carbocycles. The lowest BCUT2D eigenvalue weighted by Crippen LogP contribution is -2.42. The Balaban J connectivity index is 2.18. The molecule has 0 aliphatic carbocycles. The van der Waals surface area contributed by atoms with E-state index >= 15 is 0 Å². The van der Waals surface area contributed by atoms with Gasteiger partial charge in [-0.1, -0.05) is 6.92 Å². The van der Waals surface area contributed by atoms with Gasteiger partial charge in [0.2, 0.25) is 0 Å². The smallest absolute Gasteiger partial charge is 0.118 e. The van der Waals surface area contributed by atoms with Gasteiger partial charge in [-0.15, -0.1) is 0 Å². The van der Waals surface area contributed by atoms with Crippen molar-refractivity contribution >= 4 is 0 Å². The first-order chi connectivity index (χ1) is 6.24. The van der Waals surface area contributed by atoms with Crippen LogP contribution in [0.3, 0.4) is 0 Å². The lowest BCUT2D eigenvalue weighted by molar-refractivity contribution is -0.0444. The summed E-state index contributed by atoms with van der Waals surface area (Å²) in [7, 11) is 0. The molecule has 0 amide bonds. The maximum Gasteiger partial charge on any atom is 0.118 e. The van der Waals surface area contributed by atoms with Crippen molar-refractivity contribution in [2.24, 2.45) is 5.92 Å². The summed E-state index contributed by atoms with van der Waals surface area (Å²) in [4.78, 5) is 0. The molecule has 1 saturated heterocycles. The third kappa shape index (κ3) is 3.58. The minimum Gasteiger partial charge on any atom is -0.388 e. The summed E-state index contributed by atoms with van der Waals surface area (Å²) in [6.07, 6.45) is 0.236. The number of ether oxygens (including phenoxy) is 1. The van der Waals surface area contributed by atoms with Crippen LogP contribution in [0.5, 0.6) is 0 Å². The molecule has 3 unspecified atom stereocenters. The molecule has 0 bridgehead atoms. The summed E-state index contributed by atoms with van der Waals surface area (Å²) >= 11 is 0. The van der Waals surface area contributed by atoms with Crippen LogP contribution < -0.4 is 5.32 Å². The van der Waals surface area contributed by atoms with Crippen LogP contribution in [0.2, 0.25) is 0 Å². The quantitative estimate of drug-likeness (QED) is 0.673. The zero-order chi connectivity index (χ0) is 9.68. The second kappa shape index (κ2) is 5.52. The topological polar surface area (TPSA) is 41.5 Å².